The third kappa shape index (κ3) is 2.58. The maximum absolute atomic E-state index is 9.80. The first-order valence-electron chi connectivity index (χ1n) is 5.69. The van der Waals surface area contributed by atoms with Crippen LogP contribution >= 0.6 is 0 Å². The summed E-state index contributed by atoms with van der Waals surface area (Å²) in [6.07, 6.45) is 3.12. The van der Waals surface area contributed by atoms with Crippen molar-refractivity contribution in [3.8, 4) is 0 Å². The Labute approximate surface area is 91.5 Å². The number of aliphatic hydroxyl groups excluding tert-OH is 1. The topological polar surface area (TPSA) is 23.5 Å². The molecule has 1 aliphatic carbocycles. The third-order valence-electron chi connectivity index (χ3n) is 3.28. The molecule has 15 heavy (non-hydrogen) atoms. The molecule has 82 valence electrons. The average molecular weight is 205 g/mol. The van der Waals surface area contributed by atoms with E-state index in [9.17, 15) is 5.11 Å². The van der Waals surface area contributed by atoms with Crippen molar-refractivity contribution >= 4 is 0 Å². The lowest BCUT2D eigenvalue weighted by Crippen LogP contribution is -2.36. The van der Waals surface area contributed by atoms with E-state index >= 15 is 0 Å². The lowest BCUT2D eigenvalue weighted by atomic mass is 10.1. The molecule has 0 aliphatic heterocycles. The molecule has 0 radical (unpaired) electrons. The Morgan fingerprint density at radius 3 is 2.60 bits per heavy atom. The van der Waals surface area contributed by atoms with E-state index in [4.69, 9.17) is 0 Å². The summed E-state index contributed by atoms with van der Waals surface area (Å²) < 4.78 is 0. The zero-order chi connectivity index (χ0) is 10.7. The Kier molecular flexibility index (Phi) is 3.39. The number of benzene rings is 1. The normalized spacial score (nSPS) is 26.1. The fourth-order valence-corrected chi connectivity index (χ4v) is 2.42. The zero-order valence-electron chi connectivity index (χ0n) is 9.26. The molecule has 2 heteroatoms. The Morgan fingerprint density at radius 2 is 2.00 bits per heavy atom. The van der Waals surface area contributed by atoms with Gasteiger partial charge < -0.3 is 5.11 Å². The summed E-state index contributed by atoms with van der Waals surface area (Å²) in [5, 5.41) is 9.80. The van der Waals surface area contributed by atoms with E-state index < -0.39 is 0 Å². The quantitative estimate of drug-likeness (QED) is 0.816. The molecule has 1 saturated carbocycles. The first kappa shape index (κ1) is 10.7. The number of nitrogens with zero attached hydrogens (tertiary/aromatic N) is 1. The number of likely N-dealkylation sites (N-methyl/N-ethyl adjacent to an activating group) is 1. The molecule has 0 aromatic heterocycles. The minimum atomic E-state index is -0.126. The van der Waals surface area contributed by atoms with Crippen LogP contribution in [0.25, 0.3) is 0 Å². The van der Waals surface area contributed by atoms with Crippen molar-refractivity contribution in [3.05, 3.63) is 35.9 Å². The Balaban J connectivity index is 1.94. The van der Waals surface area contributed by atoms with Crippen LogP contribution in [-0.4, -0.2) is 29.2 Å². The minimum Gasteiger partial charge on any atom is -0.391 e. The lowest BCUT2D eigenvalue weighted by Gasteiger charge is -2.26. The summed E-state index contributed by atoms with van der Waals surface area (Å²) >= 11 is 0. The van der Waals surface area contributed by atoms with Gasteiger partial charge in [0, 0.05) is 12.6 Å². The molecule has 2 nitrogen and oxygen atoms in total. The smallest absolute Gasteiger partial charge is 0.0695 e. The maximum atomic E-state index is 9.80. The fraction of sp³-hybridized carbons (Fsp3) is 0.538. The second-order valence-corrected chi connectivity index (χ2v) is 4.47. The van der Waals surface area contributed by atoms with Crippen molar-refractivity contribution < 1.29 is 5.11 Å². The molecule has 2 rings (SSSR count). The van der Waals surface area contributed by atoms with Crippen LogP contribution in [0.1, 0.15) is 24.8 Å². The molecule has 0 heterocycles. The van der Waals surface area contributed by atoms with Gasteiger partial charge in [-0.25, -0.2) is 0 Å². The molecule has 1 fully saturated rings. The molecular formula is C13H19NO. The van der Waals surface area contributed by atoms with E-state index in [-0.39, 0.29) is 6.10 Å². The van der Waals surface area contributed by atoms with Crippen molar-refractivity contribution in [2.24, 2.45) is 0 Å². The highest BCUT2D eigenvalue weighted by molar-refractivity contribution is 5.14. The monoisotopic (exact) mass is 205 g/mol. The second kappa shape index (κ2) is 4.77. The lowest BCUT2D eigenvalue weighted by molar-refractivity contribution is 0.0825. The van der Waals surface area contributed by atoms with E-state index in [1.54, 1.807) is 0 Å². The summed E-state index contributed by atoms with van der Waals surface area (Å²) in [4.78, 5) is 2.27. The molecule has 1 aromatic rings. The molecule has 1 N–H and O–H groups in total. The van der Waals surface area contributed by atoms with Gasteiger partial charge in [0.2, 0.25) is 0 Å². The van der Waals surface area contributed by atoms with Crippen LogP contribution in [0, 0.1) is 0 Å². The molecular weight excluding hydrogens is 186 g/mol. The summed E-state index contributed by atoms with van der Waals surface area (Å²) in [6, 6.07) is 10.8. The number of rotatable bonds is 3. The second-order valence-electron chi connectivity index (χ2n) is 4.47. The van der Waals surface area contributed by atoms with Crippen LogP contribution in [0.5, 0.6) is 0 Å². The van der Waals surface area contributed by atoms with Crippen LogP contribution in [0.4, 0.5) is 0 Å². The summed E-state index contributed by atoms with van der Waals surface area (Å²) in [5.41, 5.74) is 1.32. The summed E-state index contributed by atoms with van der Waals surface area (Å²) in [5.74, 6) is 0. The van der Waals surface area contributed by atoms with Gasteiger partial charge in [0.1, 0.15) is 0 Å². The van der Waals surface area contributed by atoms with Gasteiger partial charge in [-0.2, -0.15) is 0 Å². The number of aliphatic hydroxyl groups is 1. The summed E-state index contributed by atoms with van der Waals surface area (Å²) in [7, 11) is 2.10. The van der Waals surface area contributed by atoms with Crippen molar-refractivity contribution in [1.82, 2.24) is 4.90 Å². The molecule has 1 aliphatic rings. The minimum absolute atomic E-state index is 0.126. The molecule has 0 spiro atoms. The Hall–Kier alpha value is -0.860. The van der Waals surface area contributed by atoms with E-state index in [2.05, 4.69) is 36.2 Å². The van der Waals surface area contributed by atoms with Crippen LogP contribution in [0.3, 0.4) is 0 Å². The van der Waals surface area contributed by atoms with Crippen molar-refractivity contribution in [2.75, 3.05) is 7.05 Å². The van der Waals surface area contributed by atoms with Gasteiger partial charge >= 0.3 is 0 Å². The maximum Gasteiger partial charge on any atom is 0.0695 e. The molecule has 1 aromatic carbocycles. The van der Waals surface area contributed by atoms with Crippen molar-refractivity contribution in [3.63, 3.8) is 0 Å². The fourth-order valence-electron chi connectivity index (χ4n) is 2.42. The standard InChI is InChI=1S/C13H19NO/c1-14(12-8-5-9-13(12)15)10-11-6-3-2-4-7-11/h2-4,6-7,12-13,15H,5,8-10H2,1H3/t12?,13-/m1/s1. The van der Waals surface area contributed by atoms with E-state index in [0.717, 1.165) is 25.8 Å². The van der Waals surface area contributed by atoms with Gasteiger partial charge in [0.25, 0.3) is 0 Å². The van der Waals surface area contributed by atoms with Crippen LogP contribution in [-0.2, 0) is 6.54 Å². The highest BCUT2D eigenvalue weighted by Gasteiger charge is 2.28. The molecule has 0 amide bonds. The number of hydrogen-bond donors (Lipinski definition) is 1. The molecule has 1 unspecified atom stereocenters. The molecule has 0 saturated heterocycles. The largest absolute Gasteiger partial charge is 0.391 e. The first-order valence-corrected chi connectivity index (χ1v) is 5.69. The van der Waals surface area contributed by atoms with Crippen LogP contribution in [0.2, 0.25) is 0 Å². The Bertz CT molecular complexity index is 299. The highest BCUT2D eigenvalue weighted by atomic mass is 16.3. The average Bonchev–Trinajstić information content (AvgIpc) is 2.66. The number of hydrogen-bond acceptors (Lipinski definition) is 2. The van der Waals surface area contributed by atoms with Gasteiger partial charge in [-0.05, 0) is 31.9 Å². The predicted octanol–water partition coefficient (Wildman–Crippen LogP) is 2.03. The molecule has 0 bridgehead atoms. The zero-order valence-corrected chi connectivity index (χ0v) is 9.26. The Morgan fingerprint density at radius 1 is 1.27 bits per heavy atom. The van der Waals surface area contributed by atoms with Crippen molar-refractivity contribution in [1.29, 1.82) is 0 Å². The van der Waals surface area contributed by atoms with Gasteiger partial charge in [-0.15, -0.1) is 0 Å². The predicted molar refractivity (Wildman–Crippen MR) is 61.6 cm³/mol. The SMILES string of the molecule is CN(Cc1ccccc1)C1CCC[C@H]1O. The highest BCUT2D eigenvalue weighted by Crippen LogP contribution is 2.24. The third-order valence-corrected chi connectivity index (χ3v) is 3.28. The molecule has 2 atom stereocenters. The van der Waals surface area contributed by atoms with Crippen LogP contribution < -0.4 is 0 Å². The van der Waals surface area contributed by atoms with E-state index in [1.807, 2.05) is 6.07 Å². The van der Waals surface area contributed by atoms with Gasteiger partial charge in [-0.1, -0.05) is 30.3 Å². The van der Waals surface area contributed by atoms with Crippen molar-refractivity contribution in [2.45, 2.75) is 38.0 Å². The summed E-state index contributed by atoms with van der Waals surface area (Å²) in [6.45, 7) is 0.933. The van der Waals surface area contributed by atoms with Gasteiger partial charge in [0.05, 0.1) is 6.10 Å². The van der Waals surface area contributed by atoms with Gasteiger partial charge in [0.15, 0.2) is 0 Å². The van der Waals surface area contributed by atoms with Crippen LogP contribution in [0.15, 0.2) is 30.3 Å². The van der Waals surface area contributed by atoms with Gasteiger partial charge in [-0.3, -0.25) is 4.90 Å². The van der Waals surface area contributed by atoms with E-state index in [0.29, 0.717) is 6.04 Å². The first-order chi connectivity index (χ1) is 7.27. The van der Waals surface area contributed by atoms with E-state index in [1.165, 1.54) is 5.56 Å².